The van der Waals surface area contributed by atoms with Crippen LogP contribution >= 0.6 is 0 Å². The van der Waals surface area contributed by atoms with E-state index in [1.54, 1.807) is 0 Å². The number of H-pyrrole nitrogens is 1. The maximum absolute atomic E-state index is 3.41. The number of fused-ring (bicyclic) bond motifs is 2. The Kier molecular flexibility index (Phi) is 2.64. The molecule has 1 aliphatic rings. The van der Waals surface area contributed by atoms with E-state index in [-0.39, 0.29) is 0 Å². The van der Waals surface area contributed by atoms with Crippen LogP contribution in [-0.2, 0) is 6.54 Å². The van der Waals surface area contributed by atoms with E-state index >= 15 is 0 Å². The van der Waals surface area contributed by atoms with Gasteiger partial charge in [0.15, 0.2) is 0 Å². The van der Waals surface area contributed by atoms with E-state index in [1.165, 1.54) is 27.6 Å². The minimum absolute atomic E-state index is 0.459. The number of nitrogens with zero attached hydrogens (tertiary/aromatic N) is 1. The smallest absolute Gasteiger partial charge is 0.0457 e. The molecular weight excluding hydrogens is 244 g/mol. The molecule has 0 bridgehead atoms. The van der Waals surface area contributed by atoms with Crippen LogP contribution in [0, 0.1) is 0 Å². The molecule has 1 atom stereocenters. The molecule has 0 saturated heterocycles. The van der Waals surface area contributed by atoms with Crippen LogP contribution in [0.2, 0.25) is 0 Å². The van der Waals surface area contributed by atoms with Crippen LogP contribution in [0.25, 0.3) is 10.9 Å². The molecule has 0 radical (unpaired) electrons. The molecule has 2 heterocycles. The lowest BCUT2D eigenvalue weighted by Gasteiger charge is -2.32. The van der Waals surface area contributed by atoms with Crippen molar-refractivity contribution in [2.24, 2.45) is 0 Å². The quantitative estimate of drug-likeness (QED) is 0.707. The van der Waals surface area contributed by atoms with E-state index in [2.05, 4.69) is 71.7 Å². The van der Waals surface area contributed by atoms with Gasteiger partial charge >= 0.3 is 0 Å². The van der Waals surface area contributed by atoms with Crippen LogP contribution in [0.15, 0.2) is 54.7 Å². The van der Waals surface area contributed by atoms with Crippen LogP contribution in [0.4, 0.5) is 0 Å². The maximum atomic E-state index is 3.41. The Morgan fingerprint density at radius 2 is 1.80 bits per heavy atom. The van der Waals surface area contributed by atoms with Crippen molar-refractivity contribution in [2.75, 3.05) is 13.6 Å². The third kappa shape index (κ3) is 1.76. The first-order valence-electron chi connectivity index (χ1n) is 7.15. The van der Waals surface area contributed by atoms with Crippen molar-refractivity contribution >= 4 is 10.9 Å². The number of hydrogen-bond donors (Lipinski definition) is 1. The molecule has 0 spiro atoms. The fourth-order valence-electron chi connectivity index (χ4n) is 3.43. The summed E-state index contributed by atoms with van der Waals surface area (Å²) in [6.45, 7) is 2.13. The molecule has 100 valence electrons. The van der Waals surface area contributed by atoms with Crippen LogP contribution in [0.3, 0.4) is 0 Å². The third-order valence-electron chi connectivity index (χ3n) is 4.36. The Labute approximate surface area is 119 Å². The van der Waals surface area contributed by atoms with Gasteiger partial charge in [0.25, 0.3) is 0 Å². The van der Waals surface area contributed by atoms with Gasteiger partial charge < -0.3 is 9.88 Å². The van der Waals surface area contributed by atoms with Crippen molar-refractivity contribution in [3.05, 3.63) is 71.4 Å². The molecule has 1 aliphatic heterocycles. The molecule has 0 unspecified atom stereocenters. The minimum atomic E-state index is 0.459. The van der Waals surface area contributed by atoms with Crippen LogP contribution in [0.5, 0.6) is 0 Å². The predicted molar refractivity (Wildman–Crippen MR) is 82.9 cm³/mol. The number of aromatic nitrogens is 1. The first-order valence-corrected chi connectivity index (χ1v) is 7.15. The van der Waals surface area contributed by atoms with Gasteiger partial charge in [-0.25, -0.2) is 0 Å². The molecule has 1 aromatic heterocycles. The summed E-state index contributed by atoms with van der Waals surface area (Å²) in [6.07, 6.45) is 2.19. The van der Waals surface area contributed by atoms with Gasteiger partial charge in [-0.1, -0.05) is 42.5 Å². The number of likely N-dealkylation sites (N-methyl/N-ethyl adjacent to an activating group) is 1. The van der Waals surface area contributed by atoms with Crippen molar-refractivity contribution in [3.63, 3.8) is 0 Å². The van der Waals surface area contributed by atoms with Crippen molar-refractivity contribution in [3.8, 4) is 0 Å². The van der Waals surface area contributed by atoms with E-state index < -0.39 is 0 Å². The number of hydrogen-bond acceptors (Lipinski definition) is 1. The largest absolute Gasteiger partial charge is 0.361 e. The fraction of sp³-hybridized carbons (Fsp3) is 0.222. The van der Waals surface area contributed by atoms with Crippen LogP contribution in [0.1, 0.15) is 22.6 Å². The molecular formula is C18H18N2. The fourth-order valence-corrected chi connectivity index (χ4v) is 3.43. The third-order valence-corrected chi connectivity index (χ3v) is 4.36. The zero-order valence-corrected chi connectivity index (χ0v) is 11.6. The number of rotatable bonds is 1. The molecule has 0 aliphatic carbocycles. The van der Waals surface area contributed by atoms with Crippen LogP contribution < -0.4 is 0 Å². The Bertz CT molecular complexity index is 757. The second-order valence-electron chi connectivity index (χ2n) is 5.74. The number of nitrogens with one attached hydrogen (secondary N) is 1. The summed E-state index contributed by atoms with van der Waals surface area (Å²) in [7, 11) is 2.21. The first-order chi connectivity index (χ1) is 9.83. The minimum Gasteiger partial charge on any atom is -0.361 e. The number of benzene rings is 2. The van der Waals surface area contributed by atoms with Gasteiger partial charge in [-0.2, -0.15) is 0 Å². The predicted octanol–water partition coefficient (Wildman–Crippen LogP) is 3.75. The first kappa shape index (κ1) is 11.7. The van der Waals surface area contributed by atoms with E-state index in [0.29, 0.717) is 5.92 Å². The second kappa shape index (κ2) is 4.50. The Morgan fingerprint density at radius 3 is 2.75 bits per heavy atom. The second-order valence-corrected chi connectivity index (χ2v) is 5.74. The van der Waals surface area contributed by atoms with E-state index in [9.17, 15) is 0 Å². The highest BCUT2D eigenvalue weighted by Crippen LogP contribution is 2.36. The van der Waals surface area contributed by atoms with Gasteiger partial charge in [-0.15, -0.1) is 0 Å². The highest BCUT2D eigenvalue weighted by Gasteiger charge is 2.26. The van der Waals surface area contributed by atoms with Crippen molar-refractivity contribution in [2.45, 2.75) is 12.5 Å². The SMILES string of the molecule is CN1Cc2ccccc2[C@@H](c2c[nH]c3ccccc23)C1. The Hall–Kier alpha value is -2.06. The zero-order valence-electron chi connectivity index (χ0n) is 11.6. The van der Waals surface area contributed by atoms with E-state index in [0.717, 1.165) is 13.1 Å². The van der Waals surface area contributed by atoms with Gasteiger partial charge in [0.2, 0.25) is 0 Å². The lowest BCUT2D eigenvalue weighted by Crippen LogP contribution is -2.30. The molecule has 4 rings (SSSR count). The molecule has 2 aromatic carbocycles. The van der Waals surface area contributed by atoms with Gasteiger partial charge in [-0.3, -0.25) is 0 Å². The highest BCUT2D eigenvalue weighted by atomic mass is 15.1. The summed E-state index contributed by atoms with van der Waals surface area (Å²) in [4.78, 5) is 5.82. The topological polar surface area (TPSA) is 19.0 Å². The summed E-state index contributed by atoms with van der Waals surface area (Å²) < 4.78 is 0. The lowest BCUT2D eigenvalue weighted by molar-refractivity contribution is 0.296. The summed E-state index contributed by atoms with van der Waals surface area (Å²) in [5.74, 6) is 0.459. The average molecular weight is 262 g/mol. The number of aromatic amines is 1. The molecule has 2 nitrogen and oxygen atoms in total. The zero-order chi connectivity index (χ0) is 13.5. The Morgan fingerprint density at radius 1 is 1.00 bits per heavy atom. The summed E-state index contributed by atoms with van der Waals surface area (Å²) in [5, 5.41) is 1.35. The monoisotopic (exact) mass is 262 g/mol. The molecule has 2 heteroatoms. The van der Waals surface area contributed by atoms with E-state index in [4.69, 9.17) is 0 Å². The normalized spacial score (nSPS) is 19.1. The van der Waals surface area contributed by atoms with Crippen molar-refractivity contribution in [1.29, 1.82) is 0 Å². The molecule has 0 saturated carbocycles. The van der Waals surface area contributed by atoms with Gasteiger partial charge in [0, 0.05) is 36.1 Å². The maximum Gasteiger partial charge on any atom is 0.0457 e. The van der Waals surface area contributed by atoms with E-state index in [1.807, 2.05) is 0 Å². The molecule has 20 heavy (non-hydrogen) atoms. The Balaban J connectivity index is 1.90. The summed E-state index contributed by atoms with van der Waals surface area (Å²) in [6, 6.07) is 17.4. The lowest BCUT2D eigenvalue weighted by atomic mass is 9.85. The van der Waals surface area contributed by atoms with Crippen LogP contribution in [-0.4, -0.2) is 23.5 Å². The highest BCUT2D eigenvalue weighted by molar-refractivity contribution is 5.84. The standard InChI is InChI=1S/C18H18N2/c1-20-11-13-6-2-3-7-14(13)17(12-20)16-10-19-18-9-5-4-8-15(16)18/h2-10,17,19H,11-12H2,1H3/t17-/m0/s1. The molecule has 1 N–H and O–H groups in total. The van der Waals surface area contributed by atoms with Crippen molar-refractivity contribution in [1.82, 2.24) is 9.88 Å². The van der Waals surface area contributed by atoms with Gasteiger partial charge in [-0.05, 0) is 29.8 Å². The van der Waals surface area contributed by atoms with Gasteiger partial charge in [0.05, 0.1) is 0 Å². The molecule has 0 fully saturated rings. The summed E-state index contributed by atoms with van der Waals surface area (Å²) >= 11 is 0. The molecule has 0 amide bonds. The summed E-state index contributed by atoms with van der Waals surface area (Å²) in [5.41, 5.74) is 5.58. The van der Waals surface area contributed by atoms with Crippen molar-refractivity contribution < 1.29 is 0 Å². The van der Waals surface area contributed by atoms with Gasteiger partial charge in [0.1, 0.15) is 0 Å². The average Bonchev–Trinajstić information content (AvgIpc) is 2.90. The number of para-hydroxylation sites is 1. The molecule has 3 aromatic rings.